The van der Waals surface area contributed by atoms with E-state index < -0.39 is 6.04 Å². The molecule has 0 spiro atoms. The molecular formula is C13H18N4O. The third kappa shape index (κ3) is 2.36. The number of rotatable bonds is 4. The summed E-state index contributed by atoms with van der Waals surface area (Å²) in [5.41, 5.74) is 7.46. The van der Waals surface area contributed by atoms with Crippen LogP contribution in [0, 0.1) is 6.92 Å². The average molecular weight is 246 g/mol. The number of nitrogens with one attached hydrogen (secondary N) is 1. The van der Waals surface area contributed by atoms with Crippen LogP contribution in [0.1, 0.15) is 36.5 Å². The van der Waals surface area contributed by atoms with E-state index in [9.17, 15) is 4.79 Å². The molecule has 0 saturated heterocycles. The van der Waals surface area contributed by atoms with Crippen molar-refractivity contribution in [2.75, 3.05) is 0 Å². The van der Waals surface area contributed by atoms with Crippen molar-refractivity contribution < 1.29 is 0 Å². The van der Waals surface area contributed by atoms with Crippen LogP contribution in [0.2, 0.25) is 0 Å². The maximum atomic E-state index is 11.9. The second-order valence-corrected chi connectivity index (χ2v) is 4.39. The number of aromatic nitrogens is 3. The van der Waals surface area contributed by atoms with Crippen LogP contribution in [-0.4, -0.2) is 14.5 Å². The molecule has 0 aliphatic heterocycles. The zero-order chi connectivity index (χ0) is 13.1. The molecule has 0 radical (unpaired) electrons. The van der Waals surface area contributed by atoms with Gasteiger partial charge in [0.25, 0.3) is 0 Å². The molecule has 5 heteroatoms. The summed E-state index contributed by atoms with van der Waals surface area (Å²) in [4.78, 5) is 19.2. The minimum Gasteiger partial charge on any atom is -0.365 e. The van der Waals surface area contributed by atoms with E-state index in [2.05, 4.69) is 16.9 Å². The molecule has 0 amide bonds. The van der Waals surface area contributed by atoms with E-state index in [4.69, 9.17) is 5.73 Å². The minimum atomic E-state index is -0.490. The van der Waals surface area contributed by atoms with E-state index in [1.54, 1.807) is 18.5 Å². The normalized spacial score (nSPS) is 12.6. The Morgan fingerprint density at radius 3 is 3.00 bits per heavy atom. The lowest BCUT2D eigenvalue weighted by atomic mass is 10.1. The molecule has 18 heavy (non-hydrogen) atoms. The molecular weight excluding hydrogens is 228 g/mol. The summed E-state index contributed by atoms with van der Waals surface area (Å²) >= 11 is 0. The number of nitrogens with two attached hydrogens (primary N) is 1. The molecule has 0 aliphatic carbocycles. The third-order valence-corrected chi connectivity index (χ3v) is 2.91. The Kier molecular flexibility index (Phi) is 3.62. The molecule has 3 N–H and O–H groups in total. The van der Waals surface area contributed by atoms with Crippen molar-refractivity contribution in [3.63, 3.8) is 0 Å². The van der Waals surface area contributed by atoms with E-state index in [1.807, 2.05) is 17.7 Å². The summed E-state index contributed by atoms with van der Waals surface area (Å²) in [6, 6.07) is 1.07. The van der Waals surface area contributed by atoms with Gasteiger partial charge in [0.15, 0.2) is 5.43 Å². The van der Waals surface area contributed by atoms with Crippen LogP contribution in [0.5, 0.6) is 0 Å². The number of nitrogens with zero attached hydrogens (tertiary/aromatic N) is 2. The topological polar surface area (TPSA) is 76.7 Å². The summed E-state index contributed by atoms with van der Waals surface area (Å²) in [5, 5.41) is 0. The van der Waals surface area contributed by atoms with Gasteiger partial charge in [-0.2, -0.15) is 0 Å². The Hall–Kier alpha value is -1.88. The lowest BCUT2D eigenvalue weighted by Gasteiger charge is -2.13. The Balaban J connectivity index is 2.38. The zero-order valence-corrected chi connectivity index (χ0v) is 10.7. The number of aromatic amines is 1. The van der Waals surface area contributed by atoms with Crippen LogP contribution in [0.15, 0.2) is 29.5 Å². The molecule has 5 nitrogen and oxygen atoms in total. The summed E-state index contributed by atoms with van der Waals surface area (Å²) < 4.78 is 1.99. The highest BCUT2D eigenvalue weighted by atomic mass is 16.1. The number of hydrogen-bond donors (Lipinski definition) is 2. The van der Waals surface area contributed by atoms with Crippen LogP contribution < -0.4 is 11.2 Å². The summed E-state index contributed by atoms with van der Waals surface area (Å²) in [6.45, 7) is 4.79. The molecule has 1 unspecified atom stereocenters. The van der Waals surface area contributed by atoms with Crippen LogP contribution in [-0.2, 0) is 6.54 Å². The van der Waals surface area contributed by atoms with Crippen LogP contribution in [0.4, 0.5) is 0 Å². The summed E-state index contributed by atoms with van der Waals surface area (Å²) in [7, 11) is 0. The van der Waals surface area contributed by atoms with Crippen molar-refractivity contribution in [3.05, 3.63) is 52.0 Å². The predicted octanol–water partition coefficient (Wildman–Crippen LogP) is 1.34. The molecule has 2 aromatic heterocycles. The zero-order valence-electron chi connectivity index (χ0n) is 10.7. The summed E-state index contributed by atoms with van der Waals surface area (Å²) in [5.74, 6) is 0.728. The predicted molar refractivity (Wildman–Crippen MR) is 70.3 cm³/mol. The second-order valence-electron chi connectivity index (χ2n) is 4.39. The van der Waals surface area contributed by atoms with Crippen LogP contribution in [0.25, 0.3) is 0 Å². The third-order valence-electron chi connectivity index (χ3n) is 2.91. The number of imidazole rings is 1. The standard InChI is InChI=1S/C13H18N4O/c1-3-5-17-6-4-15-13(17)12(14)10-8-16-9(2)7-11(10)18/h4,6-8,12H,3,5,14H2,1-2H3,(H,16,18). The molecule has 0 aliphatic rings. The fourth-order valence-electron chi connectivity index (χ4n) is 2.00. The van der Waals surface area contributed by atoms with Gasteiger partial charge in [0.2, 0.25) is 0 Å². The number of hydrogen-bond acceptors (Lipinski definition) is 3. The number of pyridine rings is 1. The first-order valence-corrected chi connectivity index (χ1v) is 6.09. The summed E-state index contributed by atoms with van der Waals surface area (Å²) in [6.07, 6.45) is 6.28. The smallest absolute Gasteiger partial charge is 0.187 e. The average Bonchev–Trinajstić information content (AvgIpc) is 2.77. The first kappa shape index (κ1) is 12.6. The van der Waals surface area contributed by atoms with Gasteiger partial charge in [0, 0.05) is 42.5 Å². The van der Waals surface area contributed by atoms with Crippen molar-refractivity contribution in [1.82, 2.24) is 14.5 Å². The quantitative estimate of drug-likeness (QED) is 0.854. The molecule has 0 saturated carbocycles. The monoisotopic (exact) mass is 246 g/mol. The van der Waals surface area contributed by atoms with Gasteiger partial charge in [-0.15, -0.1) is 0 Å². The van der Waals surface area contributed by atoms with Gasteiger partial charge in [-0.1, -0.05) is 6.92 Å². The van der Waals surface area contributed by atoms with Crippen molar-refractivity contribution in [2.24, 2.45) is 5.73 Å². The van der Waals surface area contributed by atoms with Crippen LogP contribution >= 0.6 is 0 Å². The van der Waals surface area contributed by atoms with Crippen molar-refractivity contribution in [2.45, 2.75) is 32.9 Å². The van der Waals surface area contributed by atoms with Crippen molar-refractivity contribution >= 4 is 0 Å². The van der Waals surface area contributed by atoms with Gasteiger partial charge in [-0.25, -0.2) is 4.98 Å². The molecule has 0 fully saturated rings. The maximum Gasteiger partial charge on any atom is 0.187 e. The fourth-order valence-corrected chi connectivity index (χ4v) is 2.00. The van der Waals surface area contributed by atoms with Crippen molar-refractivity contribution in [1.29, 1.82) is 0 Å². The second kappa shape index (κ2) is 5.18. The Morgan fingerprint density at radius 2 is 2.33 bits per heavy atom. The van der Waals surface area contributed by atoms with E-state index in [0.29, 0.717) is 5.56 Å². The molecule has 2 heterocycles. The highest BCUT2D eigenvalue weighted by molar-refractivity contribution is 5.23. The first-order valence-electron chi connectivity index (χ1n) is 6.09. The van der Waals surface area contributed by atoms with Gasteiger partial charge in [-0.05, 0) is 13.3 Å². The van der Waals surface area contributed by atoms with Gasteiger partial charge < -0.3 is 15.3 Å². The molecule has 96 valence electrons. The van der Waals surface area contributed by atoms with Crippen molar-refractivity contribution in [3.8, 4) is 0 Å². The lowest BCUT2D eigenvalue weighted by molar-refractivity contribution is 0.611. The van der Waals surface area contributed by atoms with Gasteiger partial charge in [0.05, 0.1) is 6.04 Å². The van der Waals surface area contributed by atoms with E-state index in [0.717, 1.165) is 24.5 Å². The molecule has 0 bridgehead atoms. The highest BCUT2D eigenvalue weighted by Crippen LogP contribution is 2.15. The lowest BCUT2D eigenvalue weighted by Crippen LogP contribution is -2.24. The Bertz CT molecular complexity index is 585. The molecule has 0 aromatic carbocycles. The van der Waals surface area contributed by atoms with Gasteiger partial charge >= 0.3 is 0 Å². The van der Waals surface area contributed by atoms with E-state index in [1.165, 1.54) is 0 Å². The minimum absolute atomic E-state index is 0.0511. The Labute approximate surface area is 106 Å². The van der Waals surface area contributed by atoms with E-state index in [-0.39, 0.29) is 5.43 Å². The number of H-pyrrole nitrogens is 1. The molecule has 1 atom stereocenters. The van der Waals surface area contributed by atoms with E-state index >= 15 is 0 Å². The fraction of sp³-hybridized carbons (Fsp3) is 0.385. The number of aryl methyl sites for hydroxylation is 2. The maximum absolute atomic E-state index is 11.9. The largest absolute Gasteiger partial charge is 0.365 e. The Morgan fingerprint density at radius 1 is 1.56 bits per heavy atom. The first-order chi connectivity index (χ1) is 8.63. The highest BCUT2D eigenvalue weighted by Gasteiger charge is 2.17. The van der Waals surface area contributed by atoms with Gasteiger partial charge in [-0.3, -0.25) is 4.79 Å². The molecule has 2 aromatic rings. The SMILES string of the molecule is CCCn1ccnc1C(N)c1c[nH]c(C)cc1=O. The molecule has 2 rings (SSSR count). The van der Waals surface area contributed by atoms with Crippen LogP contribution in [0.3, 0.4) is 0 Å². The van der Waals surface area contributed by atoms with Gasteiger partial charge in [0.1, 0.15) is 5.82 Å².